The number of pyridine rings is 1. The minimum Gasteiger partial charge on any atom is -0.327 e. The van der Waals surface area contributed by atoms with Crippen LogP contribution in [-0.2, 0) is 25.8 Å². The Labute approximate surface area is 115 Å². The summed E-state index contributed by atoms with van der Waals surface area (Å²) < 4.78 is 2.45. The zero-order valence-corrected chi connectivity index (χ0v) is 12.2. The maximum atomic E-state index is 4.79. The molecule has 0 saturated heterocycles. The van der Waals surface area contributed by atoms with E-state index in [1.165, 1.54) is 41.9 Å². The SMILES string of the molecule is CCc1nc2cnc3c(c2n1CC(C)C)CCCC3. The van der Waals surface area contributed by atoms with Crippen LogP contribution in [0, 0.1) is 5.92 Å². The Morgan fingerprint density at radius 3 is 2.79 bits per heavy atom. The first-order valence-electron chi connectivity index (χ1n) is 7.56. The van der Waals surface area contributed by atoms with Gasteiger partial charge in [0.1, 0.15) is 11.3 Å². The fourth-order valence-corrected chi connectivity index (χ4v) is 3.18. The Morgan fingerprint density at radius 1 is 1.26 bits per heavy atom. The summed E-state index contributed by atoms with van der Waals surface area (Å²) in [5.74, 6) is 1.86. The lowest BCUT2D eigenvalue weighted by atomic mass is 9.95. The third-order valence-electron chi connectivity index (χ3n) is 4.00. The summed E-state index contributed by atoms with van der Waals surface area (Å²) in [4.78, 5) is 9.43. The monoisotopic (exact) mass is 257 g/mol. The van der Waals surface area contributed by atoms with Gasteiger partial charge in [0.15, 0.2) is 0 Å². The average molecular weight is 257 g/mol. The Bertz CT molecular complexity index is 596. The number of fused-ring (bicyclic) bond motifs is 3. The second kappa shape index (κ2) is 4.95. The van der Waals surface area contributed by atoms with Gasteiger partial charge in [-0.1, -0.05) is 20.8 Å². The highest BCUT2D eigenvalue weighted by Gasteiger charge is 2.19. The first-order valence-corrected chi connectivity index (χ1v) is 7.56. The molecule has 0 atom stereocenters. The van der Waals surface area contributed by atoms with E-state index >= 15 is 0 Å². The minimum absolute atomic E-state index is 0.648. The Morgan fingerprint density at radius 2 is 2.05 bits per heavy atom. The van der Waals surface area contributed by atoms with Crippen LogP contribution >= 0.6 is 0 Å². The third-order valence-corrected chi connectivity index (χ3v) is 4.00. The molecule has 19 heavy (non-hydrogen) atoms. The molecule has 2 aromatic rings. The Balaban J connectivity index is 2.24. The molecular weight excluding hydrogens is 234 g/mol. The molecular formula is C16H23N3. The van der Waals surface area contributed by atoms with Crippen LogP contribution in [0.5, 0.6) is 0 Å². The van der Waals surface area contributed by atoms with E-state index in [2.05, 4.69) is 30.3 Å². The topological polar surface area (TPSA) is 30.7 Å². The van der Waals surface area contributed by atoms with Gasteiger partial charge in [0.25, 0.3) is 0 Å². The molecule has 2 aromatic heterocycles. The first-order chi connectivity index (χ1) is 9.20. The van der Waals surface area contributed by atoms with Crippen molar-refractivity contribution in [1.82, 2.24) is 14.5 Å². The molecule has 0 bridgehead atoms. The summed E-state index contributed by atoms with van der Waals surface area (Å²) >= 11 is 0. The lowest BCUT2D eigenvalue weighted by Gasteiger charge is -2.18. The zero-order chi connectivity index (χ0) is 13.4. The van der Waals surface area contributed by atoms with Gasteiger partial charge in [0.2, 0.25) is 0 Å². The number of nitrogens with zero attached hydrogens (tertiary/aromatic N) is 3. The van der Waals surface area contributed by atoms with Crippen LogP contribution in [0.15, 0.2) is 6.20 Å². The predicted molar refractivity (Wildman–Crippen MR) is 78.4 cm³/mol. The van der Waals surface area contributed by atoms with E-state index in [-0.39, 0.29) is 0 Å². The Hall–Kier alpha value is -1.38. The summed E-state index contributed by atoms with van der Waals surface area (Å²) in [7, 11) is 0. The molecule has 0 unspecified atom stereocenters. The van der Waals surface area contributed by atoms with Gasteiger partial charge in [-0.25, -0.2) is 4.98 Å². The number of aryl methyl sites for hydroxylation is 3. The lowest BCUT2D eigenvalue weighted by molar-refractivity contribution is 0.516. The quantitative estimate of drug-likeness (QED) is 0.842. The molecule has 102 valence electrons. The van der Waals surface area contributed by atoms with Crippen molar-refractivity contribution in [3.63, 3.8) is 0 Å². The van der Waals surface area contributed by atoms with Gasteiger partial charge in [-0.15, -0.1) is 0 Å². The van der Waals surface area contributed by atoms with Crippen LogP contribution in [0.25, 0.3) is 11.0 Å². The molecule has 3 rings (SSSR count). The summed E-state index contributed by atoms with van der Waals surface area (Å²) in [6, 6.07) is 0. The third kappa shape index (κ3) is 2.15. The van der Waals surface area contributed by atoms with Gasteiger partial charge in [-0.2, -0.15) is 0 Å². The lowest BCUT2D eigenvalue weighted by Crippen LogP contribution is -2.12. The molecule has 0 N–H and O–H groups in total. The second-order valence-corrected chi connectivity index (χ2v) is 6.01. The van der Waals surface area contributed by atoms with Crippen molar-refractivity contribution in [1.29, 1.82) is 0 Å². The van der Waals surface area contributed by atoms with Crippen molar-refractivity contribution in [2.75, 3.05) is 0 Å². The van der Waals surface area contributed by atoms with Crippen molar-refractivity contribution in [3.05, 3.63) is 23.3 Å². The number of hydrogen-bond acceptors (Lipinski definition) is 2. The Kier molecular flexibility index (Phi) is 3.29. The second-order valence-electron chi connectivity index (χ2n) is 6.01. The van der Waals surface area contributed by atoms with Crippen LogP contribution in [-0.4, -0.2) is 14.5 Å². The van der Waals surface area contributed by atoms with Crippen LogP contribution in [0.2, 0.25) is 0 Å². The predicted octanol–water partition coefficient (Wildman–Crippen LogP) is 3.53. The van der Waals surface area contributed by atoms with Crippen molar-refractivity contribution in [2.45, 2.75) is 59.4 Å². The molecule has 0 saturated carbocycles. The fraction of sp³-hybridized carbons (Fsp3) is 0.625. The van der Waals surface area contributed by atoms with E-state index in [9.17, 15) is 0 Å². The standard InChI is InChI=1S/C16H23N3/c1-4-15-18-14-9-17-13-8-6-5-7-12(13)16(14)19(15)10-11(2)3/h9,11H,4-8,10H2,1-3H3. The van der Waals surface area contributed by atoms with Gasteiger partial charge in [-0.3, -0.25) is 4.98 Å². The van der Waals surface area contributed by atoms with E-state index in [0.29, 0.717) is 5.92 Å². The van der Waals surface area contributed by atoms with Crippen LogP contribution in [0.1, 0.15) is 50.7 Å². The molecule has 0 amide bonds. The number of hydrogen-bond donors (Lipinski definition) is 0. The zero-order valence-electron chi connectivity index (χ0n) is 12.2. The average Bonchev–Trinajstić information content (AvgIpc) is 2.76. The summed E-state index contributed by atoms with van der Waals surface area (Å²) in [6.45, 7) is 7.81. The van der Waals surface area contributed by atoms with Crippen molar-refractivity contribution in [2.24, 2.45) is 5.92 Å². The number of rotatable bonds is 3. The van der Waals surface area contributed by atoms with Gasteiger partial charge in [0, 0.05) is 18.7 Å². The number of imidazole rings is 1. The van der Waals surface area contributed by atoms with E-state index < -0.39 is 0 Å². The highest BCUT2D eigenvalue weighted by Crippen LogP contribution is 2.28. The summed E-state index contributed by atoms with van der Waals surface area (Å²) in [5, 5.41) is 0. The van der Waals surface area contributed by atoms with Crippen molar-refractivity contribution < 1.29 is 0 Å². The minimum atomic E-state index is 0.648. The maximum Gasteiger partial charge on any atom is 0.109 e. The maximum absolute atomic E-state index is 4.79. The van der Waals surface area contributed by atoms with E-state index in [4.69, 9.17) is 4.98 Å². The van der Waals surface area contributed by atoms with Gasteiger partial charge in [0.05, 0.1) is 11.7 Å². The molecule has 3 heteroatoms. The molecule has 2 heterocycles. The van der Waals surface area contributed by atoms with Gasteiger partial charge in [-0.05, 0) is 37.2 Å². The first kappa shape index (κ1) is 12.6. The van der Waals surface area contributed by atoms with E-state index in [1.807, 2.05) is 6.20 Å². The highest BCUT2D eigenvalue weighted by molar-refractivity contribution is 5.80. The smallest absolute Gasteiger partial charge is 0.109 e. The summed E-state index contributed by atoms with van der Waals surface area (Å²) in [6.07, 6.45) is 7.87. The molecule has 3 nitrogen and oxygen atoms in total. The molecule has 1 aliphatic carbocycles. The molecule has 0 aliphatic heterocycles. The summed E-state index contributed by atoms with van der Waals surface area (Å²) in [5.41, 5.74) is 5.25. The fourth-order valence-electron chi connectivity index (χ4n) is 3.18. The molecule has 0 fully saturated rings. The largest absolute Gasteiger partial charge is 0.327 e. The highest BCUT2D eigenvalue weighted by atomic mass is 15.1. The van der Waals surface area contributed by atoms with Crippen LogP contribution in [0.4, 0.5) is 0 Å². The van der Waals surface area contributed by atoms with Crippen LogP contribution in [0.3, 0.4) is 0 Å². The molecule has 0 spiro atoms. The van der Waals surface area contributed by atoms with Crippen molar-refractivity contribution in [3.8, 4) is 0 Å². The van der Waals surface area contributed by atoms with Gasteiger partial charge >= 0.3 is 0 Å². The van der Waals surface area contributed by atoms with Crippen molar-refractivity contribution >= 4 is 11.0 Å². The van der Waals surface area contributed by atoms with E-state index in [0.717, 1.165) is 24.9 Å². The van der Waals surface area contributed by atoms with Crippen LogP contribution < -0.4 is 0 Å². The molecule has 1 aliphatic rings. The molecule has 0 radical (unpaired) electrons. The van der Waals surface area contributed by atoms with E-state index in [1.54, 1.807) is 0 Å². The number of aromatic nitrogens is 3. The van der Waals surface area contributed by atoms with Gasteiger partial charge < -0.3 is 4.57 Å². The molecule has 0 aromatic carbocycles. The normalized spacial score (nSPS) is 15.2.